The number of aromatic nitrogens is 3. The summed E-state index contributed by atoms with van der Waals surface area (Å²) in [6, 6.07) is 13.0. The lowest BCUT2D eigenvalue weighted by Crippen LogP contribution is -2.13. The van der Waals surface area contributed by atoms with Crippen LogP contribution in [0.2, 0.25) is 10.0 Å². The van der Waals surface area contributed by atoms with Crippen LogP contribution in [0.1, 0.15) is 13.8 Å². The highest BCUT2D eigenvalue weighted by Crippen LogP contribution is 2.33. The second-order valence-corrected chi connectivity index (χ2v) is 6.51. The molecule has 3 aromatic rings. The number of pyridine rings is 1. The Morgan fingerprint density at radius 2 is 1.68 bits per heavy atom. The summed E-state index contributed by atoms with van der Waals surface area (Å²) in [6.07, 6.45) is 1.73. The van der Waals surface area contributed by atoms with Crippen LogP contribution in [0.15, 0.2) is 48.7 Å². The van der Waals surface area contributed by atoms with E-state index in [1.807, 2.05) is 38.1 Å². The number of para-hydroxylation sites is 1. The summed E-state index contributed by atoms with van der Waals surface area (Å²) >= 11 is 12.5. The maximum absolute atomic E-state index is 6.24. The standard InChI is InChI=1S/C18H17Cl2N5/c1-11(2)22-18-23-15(14-8-3-4-9-21-14)10-16(25-18)24-17-12(19)6-5-7-13(17)20/h3-11H,1-2H3,(H2,22,23,24,25). The summed E-state index contributed by atoms with van der Waals surface area (Å²) in [6.45, 7) is 4.05. The molecule has 0 atom stereocenters. The van der Waals surface area contributed by atoms with E-state index in [9.17, 15) is 0 Å². The minimum atomic E-state index is 0.190. The SMILES string of the molecule is CC(C)Nc1nc(Nc2c(Cl)cccc2Cl)cc(-c2ccccn2)n1. The third kappa shape index (κ3) is 4.38. The van der Waals surface area contributed by atoms with Gasteiger partial charge in [-0.2, -0.15) is 4.98 Å². The highest BCUT2D eigenvalue weighted by atomic mass is 35.5. The first-order chi connectivity index (χ1) is 12.0. The largest absolute Gasteiger partial charge is 0.352 e. The maximum Gasteiger partial charge on any atom is 0.225 e. The van der Waals surface area contributed by atoms with Crippen LogP contribution < -0.4 is 10.6 Å². The number of hydrogen-bond acceptors (Lipinski definition) is 5. The zero-order chi connectivity index (χ0) is 17.8. The first kappa shape index (κ1) is 17.5. The molecular weight excluding hydrogens is 357 g/mol. The Bertz CT molecular complexity index is 848. The Balaban J connectivity index is 2.03. The average Bonchev–Trinajstić information content (AvgIpc) is 2.58. The van der Waals surface area contributed by atoms with Gasteiger partial charge in [-0.25, -0.2) is 4.98 Å². The average molecular weight is 374 g/mol. The monoisotopic (exact) mass is 373 g/mol. The number of hydrogen-bond donors (Lipinski definition) is 2. The Labute approximate surface area is 156 Å². The van der Waals surface area contributed by atoms with Crippen molar-refractivity contribution in [1.82, 2.24) is 15.0 Å². The van der Waals surface area contributed by atoms with E-state index < -0.39 is 0 Å². The molecule has 0 aliphatic carbocycles. The topological polar surface area (TPSA) is 62.7 Å². The molecule has 25 heavy (non-hydrogen) atoms. The molecule has 0 unspecified atom stereocenters. The number of nitrogens with one attached hydrogen (secondary N) is 2. The van der Waals surface area contributed by atoms with Gasteiger partial charge in [0.1, 0.15) is 5.82 Å². The van der Waals surface area contributed by atoms with E-state index >= 15 is 0 Å². The van der Waals surface area contributed by atoms with Gasteiger partial charge in [-0.15, -0.1) is 0 Å². The number of anilines is 3. The van der Waals surface area contributed by atoms with E-state index in [-0.39, 0.29) is 6.04 Å². The Hall–Kier alpha value is -2.37. The lowest BCUT2D eigenvalue weighted by Gasteiger charge is -2.14. The normalized spacial score (nSPS) is 10.8. The van der Waals surface area contributed by atoms with Crippen molar-refractivity contribution >= 4 is 40.7 Å². The van der Waals surface area contributed by atoms with E-state index in [0.717, 1.165) is 5.69 Å². The Kier molecular flexibility index (Phi) is 5.36. The lowest BCUT2D eigenvalue weighted by atomic mass is 10.2. The van der Waals surface area contributed by atoms with Crippen molar-refractivity contribution in [3.8, 4) is 11.4 Å². The molecule has 0 saturated carbocycles. The van der Waals surface area contributed by atoms with E-state index in [2.05, 4.69) is 25.6 Å². The van der Waals surface area contributed by atoms with Crippen molar-refractivity contribution in [3.05, 3.63) is 58.7 Å². The zero-order valence-electron chi connectivity index (χ0n) is 13.8. The molecule has 2 N–H and O–H groups in total. The minimum absolute atomic E-state index is 0.190. The summed E-state index contributed by atoms with van der Waals surface area (Å²) in [4.78, 5) is 13.4. The van der Waals surface area contributed by atoms with Crippen molar-refractivity contribution < 1.29 is 0 Å². The van der Waals surface area contributed by atoms with Crippen LogP contribution >= 0.6 is 23.2 Å². The van der Waals surface area contributed by atoms with Crippen LogP contribution in [0.4, 0.5) is 17.5 Å². The molecule has 2 aromatic heterocycles. The van der Waals surface area contributed by atoms with Gasteiger partial charge in [0.2, 0.25) is 5.95 Å². The van der Waals surface area contributed by atoms with E-state index in [0.29, 0.717) is 33.2 Å². The fraction of sp³-hybridized carbons (Fsp3) is 0.167. The molecule has 5 nitrogen and oxygen atoms in total. The molecule has 0 fully saturated rings. The summed E-state index contributed by atoms with van der Waals surface area (Å²) in [7, 11) is 0. The fourth-order valence-electron chi connectivity index (χ4n) is 2.22. The van der Waals surface area contributed by atoms with Crippen molar-refractivity contribution in [2.75, 3.05) is 10.6 Å². The molecule has 0 radical (unpaired) electrons. The number of halogens is 2. The molecule has 0 amide bonds. The van der Waals surface area contributed by atoms with Gasteiger partial charge in [-0.1, -0.05) is 35.3 Å². The molecule has 0 aliphatic heterocycles. The smallest absolute Gasteiger partial charge is 0.225 e. The maximum atomic E-state index is 6.24. The second-order valence-electron chi connectivity index (χ2n) is 5.70. The third-order valence-electron chi connectivity index (χ3n) is 3.29. The molecule has 0 aliphatic rings. The minimum Gasteiger partial charge on any atom is -0.352 e. The van der Waals surface area contributed by atoms with Crippen molar-refractivity contribution in [3.63, 3.8) is 0 Å². The highest BCUT2D eigenvalue weighted by Gasteiger charge is 2.11. The first-order valence-corrected chi connectivity index (χ1v) is 8.56. The van der Waals surface area contributed by atoms with E-state index in [1.165, 1.54) is 0 Å². The lowest BCUT2D eigenvalue weighted by molar-refractivity contribution is 0.875. The van der Waals surface area contributed by atoms with Crippen LogP contribution in [0, 0.1) is 0 Å². The molecular formula is C18H17Cl2N5. The number of benzene rings is 1. The van der Waals surface area contributed by atoms with Gasteiger partial charge < -0.3 is 10.6 Å². The van der Waals surface area contributed by atoms with Crippen LogP contribution in [0.3, 0.4) is 0 Å². The number of nitrogens with zero attached hydrogens (tertiary/aromatic N) is 3. The molecule has 1 aromatic carbocycles. The van der Waals surface area contributed by atoms with Gasteiger partial charge >= 0.3 is 0 Å². The third-order valence-corrected chi connectivity index (χ3v) is 3.92. The molecule has 2 heterocycles. The summed E-state index contributed by atoms with van der Waals surface area (Å²) in [5.41, 5.74) is 2.06. The van der Waals surface area contributed by atoms with Crippen LogP contribution in [0.25, 0.3) is 11.4 Å². The van der Waals surface area contributed by atoms with Gasteiger partial charge in [0.05, 0.1) is 27.1 Å². The predicted molar refractivity (Wildman–Crippen MR) is 104 cm³/mol. The Morgan fingerprint density at radius 3 is 2.32 bits per heavy atom. The van der Waals surface area contributed by atoms with Gasteiger partial charge in [-0.05, 0) is 38.1 Å². The van der Waals surface area contributed by atoms with Crippen LogP contribution in [-0.4, -0.2) is 21.0 Å². The molecule has 7 heteroatoms. The highest BCUT2D eigenvalue weighted by molar-refractivity contribution is 6.39. The van der Waals surface area contributed by atoms with Gasteiger partial charge in [0, 0.05) is 18.3 Å². The van der Waals surface area contributed by atoms with E-state index in [4.69, 9.17) is 23.2 Å². The zero-order valence-corrected chi connectivity index (χ0v) is 15.3. The second kappa shape index (κ2) is 7.68. The van der Waals surface area contributed by atoms with Crippen molar-refractivity contribution in [2.24, 2.45) is 0 Å². The van der Waals surface area contributed by atoms with Crippen LogP contribution in [-0.2, 0) is 0 Å². The fourth-order valence-corrected chi connectivity index (χ4v) is 2.72. The quantitative estimate of drug-likeness (QED) is 0.625. The summed E-state index contributed by atoms with van der Waals surface area (Å²) in [5, 5.41) is 7.43. The molecule has 0 saturated heterocycles. The van der Waals surface area contributed by atoms with Crippen molar-refractivity contribution in [2.45, 2.75) is 19.9 Å². The summed E-state index contributed by atoms with van der Waals surface area (Å²) < 4.78 is 0. The summed E-state index contributed by atoms with van der Waals surface area (Å²) in [5.74, 6) is 1.08. The van der Waals surface area contributed by atoms with Gasteiger partial charge in [0.25, 0.3) is 0 Å². The molecule has 128 valence electrons. The van der Waals surface area contributed by atoms with Gasteiger partial charge in [0.15, 0.2) is 0 Å². The van der Waals surface area contributed by atoms with E-state index in [1.54, 1.807) is 24.4 Å². The molecule has 0 bridgehead atoms. The Morgan fingerprint density at radius 1 is 0.920 bits per heavy atom. The number of rotatable bonds is 5. The predicted octanol–water partition coefficient (Wildman–Crippen LogP) is 5.41. The van der Waals surface area contributed by atoms with Gasteiger partial charge in [-0.3, -0.25) is 4.98 Å². The molecule has 0 spiro atoms. The van der Waals surface area contributed by atoms with Crippen molar-refractivity contribution in [1.29, 1.82) is 0 Å². The van der Waals surface area contributed by atoms with Crippen LogP contribution in [0.5, 0.6) is 0 Å². The molecule has 3 rings (SSSR count). The first-order valence-electron chi connectivity index (χ1n) is 7.81.